The van der Waals surface area contributed by atoms with E-state index in [1.807, 2.05) is 29.2 Å². The van der Waals surface area contributed by atoms with Gasteiger partial charge in [-0.2, -0.15) is 4.80 Å². The van der Waals surface area contributed by atoms with Crippen molar-refractivity contribution in [3.8, 4) is 0 Å². The number of aryl methyl sites for hydroxylation is 1. The van der Waals surface area contributed by atoms with Gasteiger partial charge in [0.2, 0.25) is 5.91 Å². The SMILES string of the molecule is Cc1nnn(Cc2cc(Cl)ccc2C=CC(=O)N2CCC(C)(Cc3ccccc3)CC2)n1. The molecule has 0 atom stereocenters. The Hall–Kier alpha value is -2.99. The summed E-state index contributed by atoms with van der Waals surface area (Å²) in [5.74, 6) is 0.658. The first-order valence-corrected chi connectivity index (χ1v) is 11.3. The van der Waals surface area contributed by atoms with Crippen LogP contribution in [0.25, 0.3) is 6.08 Å². The number of likely N-dealkylation sites (tertiary alicyclic amines) is 1. The number of hydrogen-bond donors (Lipinski definition) is 0. The van der Waals surface area contributed by atoms with Gasteiger partial charge in [0.05, 0.1) is 6.54 Å². The van der Waals surface area contributed by atoms with Crippen LogP contribution in [-0.4, -0.2) is 44.1 Å². The molecule has 7 heteroatoms. The Morgan fingerprint density at radius 2 is 1.91 bits per heavy atom. The standard InChI is InChI=1S/C25H28ClN5O/c1-19-27-29-31(28-19)18-22-16-23(26)10-8-21(22)9-11-24(32)30-14-12-25(2,13-15-30)17-20-6-4-3-5-7-20/h3-11,16H,12-15,17-18H2,1-2H3. The minimum absolute atomic E-state index is 0.0439. The zero-order valence-corrected chi connectivity index (χ0v) is 19.3. The predicted octanol–water partition coefficient (Wildman–Crippen LogP) is 4.57. The molecule has 0 spiro atoms. The van der Waals surface area contributed by atoms with Gasteiger partial charge >= 0.3 is 0 Å². The van der Waals surface area contributed by atoms with Crippen molar-refractivity contribution < 1.29 is 4.79 Å². The maximum absolute atomic E-state index is 12.9. The molecule has 0 radical (unpaired) electrons. The molecule has 4 rings (SSSR count). The van der Waals surface area contributed by atoms with Crippen molar-refractivity contribution in [1.29, 1.82) is 0 Å². The molecular weight excluding hydrogens is 422 g/mol. The highest BCUT2D eigenvalue weighted by Gasteiger charge is 2.31. The number of tetrazole rings is 1. The van der Waals surface area contributed by atoms with E-state index in [1.54, 1.807) is 13.0 Å². The first-order chi connectivity index (χ1) is 15.4. The first kappa shape index (κ1) is 22.2. The molecule has 0 N–H and O–H groups in total. The van der Waals surface area contributed by atoms with E-state index in [0.29, 0.717) is 17.4 Å². The van der Waals surface area contributed by atoms with E-state index < -0.39 is 0 Å². The molecule has 1 amide bonds. The van der Waals surface area contributed by atoms with Crippen LogP contribution in [0.4, 0.5) is 0 Å². The largest absolute Gasteiger partial charge is 0.339 e. The fraction of sp³-hybridized carbons (Fsp3) is 0.360. The minimum atomic E-state index is 0.0439. The van der Waals surface area contributed by atoms with Gasteiger partial charge in [-0.1, -0.05) is 54.9 Å². The van der Waals surface area contributed by atoms with Crippen LogP contribution in [0.1, 0.15) is 42.3 Å². The van der Waals surface area contributed by atoms with Crippen LogP contribution in [0, 0.1) is 12.3 Å². The van der Waals surface area contributed by atoms with E-state index in [9.17, 15) is 4.79 Å². The summed E-state index contributed by atoms with van der Waals surface area (Å²) in [5.41, 5.74) is 3.45. The lowest BCUT2D eigenvalue weighted by Gasteiger charge is -2.39. The van der Waals surface area contributed by atoms with Crippen molar-refractivity contribution in [2.24, 2.45) is 5.41 Å². The number of benzene rings is 2. The summed E-state index contributed by atoms with van der Waals surface area (Å²) >= 11 is 6.19. The van der Waals surface area contributed by atoms with Gasteiger partial charge in [0.15, 0.2) is 5.82 Å². The van der Waals surface area contributed by atoms with Crippen LogP contribution in [0.2, 0.25) is 5.02 Å². The average Bonchev–Trinajstić information content (AvgIpc) is 3.18. The van der Waals surface area contributed by atoms with Crippen LogP contribution < -0.4 is 0 Å². The van der Waals surface area contributed by atoms with Gasteiger partial charge in [0, 0.05) is 24.2 Å². The van der Waals surface area contributed by atoms with Crippen molar-refractivity contribution in [3.05, 3.63) is 82.1 Å². The molecule has 166 valence electrons. The second-order valence-electron chi connectivity index (χ2n) is 8.84. The third kappa shape index (κ3) is 5.62. The molecule has 3 aromatic rings. The number of carbonyl (C=O) groups is 1. The summed E-state index contributed by atoms with van der Waals surface area (Å²) in [6.45, 7) is 6.13. The van der Waals surface area contributed by atoms with Crippen LogP contribution in [0.15, 0.2) is 54.6 Å². The highest BCUT2D eigenvalue weighted by molar-refractivity contribution is 6.30. The molecule has 6 nitrogen and oxygen atoms in total. The molecule has 1 fully saturated rings. The summed E-state index contributed by atoms with van der Waals surface area (Å²) in [5, 5.41) is 12.8. The van der Waals surface area contributed by atoms with Crippen molar-refractivity contribution in [1.82, 2.24) is 25.1 Å². The molecule has 1 aliphatic rings. The Bertz CT molecular complexity index is 1100. The summed E-state index contributed by atoms with van der Waals surface area (Å²) < 4.78 is 0. The minimum Gasteiger partial charge on any atom is -0.339 e. The third-order valence-electron chi connectivity index (χ3n) is 6.13. The Morgan fingerprint density at radius 3 is 2.59 bits per heavy atom. The molecule has 1 aromatic heterocycles. The first-order valence-electron chi connectivity index (χ1n) is 10.9. The predicted molar refractivity (Wildman–Crippen MR) is 126 cm³/mol. The second kappa shape index (κ2) is 9.65. The molecule has 2 heterocycles. The Labute approximate surface area is 193 Å². The van der Waals surface area contributed by atoms with E-state index >= 15 is 0 Å². The van der Waals surface area contributed by atoms with Crippen LogP contribution in [0.3, 0.4) is 0 Å². The quantitative estimate of drug-likeness (QED) is 0.517. The summed E-state index contributed by atoms with van der Waals surface area (Å²) in [6, 6.07) is 16.2. The van der Waals surface area contributed by atoms with Gasteiger partial charge in [0.1, 0.15) is 0 Å². The van der Waals surface area contributed by atoms with E-state index in [2.05, 4.69) is 52.7 Å². The van der Waals surface area contributed by atoms with E-state index in [0.717, 1.165) is 43.5 Å². The van der Waals surface area contributed by atoms with Gasteiger partial charge in [-0.05, 0) is 71.7 Å². The lowest BCUT2D eigenvalue weighted by molar-refractivity contribution is -0.128. The topological polar surface area (TPSA) is 63.9 Å². The summed E-state index contributed by atoms with van der Waals surface area (Å²) in [4.78, 5) is 16.3. The van der Waals surface area contributed by atoms with Gasteiger partial charge < -0.3 is 4.90 Å². The van der Waals surface area contributed by atoms with Gasteiger partial charge in [0.25, 0.3) is 0 Å². The normalized spacial score (nSPS) is 15.9. The Morgan fingerprint density at radius 1 is 1.16 bits per heavy atom. The number of piperidine rings is 1. The van der Waals surface area contributed by atoms with Crippen molar-refractivity contribution in [2.45, 2.75) is 39.7 Å². The average molecular weight is 450 g/mol. The number of halogens is 1. The monoisotopic (exact) mass is 449 g/mol. The van der Waals surface area contributed by atoms with E-state index in [-0.39, 0.29) is 11.3 Å². The molecule has 0 unspecified atom stereocenters. The maximum Gasteiger partial charge on any atom is 0.246 e. The lowest BCUT2D eigenvalue weighted by Crippen LogP contribution is -2.42. The maximum atomic E-state index is 12.9. The zero-order chi connectivity index (χ0) is 22.6. The zero-order valence-electron chi connectivity index (χ0n) is 18.5. The molecule has 2 aromatic carbocycles. The summed E-state index contributed by atoms with van der Waals surface area (Å²) in [6.07, 6.45) is 6.58. The van der Waals surface area contributed by atoms with Gasteiger partial charge in [-0.25, -0.2) is 0 Å². The number of carbonyl (C=O) groups excluding carboxylic acids is 1. The Kier molecular flexibility index (Phi) is 6.70. The number of nitrogens with zero attached hydrogens (tertiary/aromatic N) is 5. The van der Waals surface area contributed by atoms with E-state index in [4.69, 9.17) is 11.6 Å². The molecule has 1 saturated heterocycles. The molecule has 1 aliphatic heterocycles. The Balaban J connectivity index is 1.39. The highest BCUT2D eigenvalue weighted by atomic mass is 35.5. The summed E-state index contributed by atoms with van der Waals surface area (Å²) in [7, 11) is 0. The highest BCUT2D eigenvalue weighted by Crippen LogP contribution is 2.34. The number of aromatic nitrogens is 4. The lowest BCUT2D eigenvalue weighted by atomic mass is 9.75. The molecule has 0 saturated carbocycles. The van der Waals surface area contributed by atoms with Crippen LogP contribution in [0.5, 0.6) is 0 Å². The van der Waals surface area contributed by atoms with Gasteiger partial charge in [-0.15, -0.1) is 10.2 Å². The van der Waals surface area contributed by atoms with Crippen LogP contribution in [-0.2, 0) is 17.8 Å². The number of hydrogen-bond acceptors (Lipinski definition) is 4. The van der Waals surface area contributed by atoms with Crippen LogP contribution >= 0.6 is 11.6 Å². The van der Waals surface area contributed by atoms with E-state index in [1.165, 1.54) is 10.4 Å². The molecule has 32 heavy (non-hydrogen) atoms. The third-order valence-corrected chi connectivity index (χ3v) is 6.37. The molecule has 0 aliphatic carbocycles. The van der Waals surface area contributed by atoms with Crippen molar-refractivity contribution >= 4 is 23.6 Å². The number of amides is 1. The second-order valence-corrected chi connectivity index (χ2v) is 9.28. The number of rotatable bonds is 6. The molecule has 0 bridgehead atoms. The van der Waals surface area contributed by atoms with Crippen molar-refractivity contribution in [3.63, 3.8) is 0 Å². The smallest absolute Gasteiger partial charge is 0.246 e. The van der Waals surface area contributed by atoms with Crippen molar-refractivity contribution in [2.75, 3.05) is 13.1 Å². The van der Waals surface area contributed by atoms with Gasteiger partial charge in [-0.3, -0.25) is 4.79 Å². The fourth-order valence-corrected chi connectivity index (χ4v) is 4.41. The fourth-order valence-electron chi connectivity index (χ4n) is 4.22. The molecular formula is C25H28ClN5O.